The Hall–Kier alpha value is -2.79. The smallest absolute Gasteiger partial charge is 0.247 e. The first-order valence-electron chi connectivity index (χ1n) is 12.0. The molecule has 184 valence electrons. The predicted molar refractivity (Wildman–Crippen MR) is 146 cm³/mol. The minimum Gasteiger partial charge on any atom is -0.508 e. The molecule has 3 aromatic rings. The molecule has 0 spiro atoms. The lowest BCUT2D eigenvalue weighted by Crippen LogP contribution is -2.43. The average molecular weight is 537 g/mol. The van der Waals surface area contributed by atoms with Crippen molar-refractivity contribution >= 4 is 27.5 Å². The first kappa shape index (κ1) is 25.3. The molecule has 0 aromatic heterocycles. The maximum atomic E-state index is 14.6. The Bertz CT molecular complexity index is 1220. The topological polar surface area (TPSA) is 60.8 Å². The molecule has 0 saturated carbocycles. The molecule has 1 heterocycles. The fraction of sp³-hybridized carbons (Fsp3) is 0.367. The van der Waals surface area contributed by atoms with Gasteiger partial charge in [-0.25, -0.2) is 0 Å². The summed E-state index contributed by atoms with van der Waals surface area (Å²) in [4.78, 5) is 16.3. The van der Waals surface area contributed by atoms with Crippen LogP contribution in [0.2, 0.25) is 0 Å². The highest BCUT2D eigenvalue weighted by Gasteiger charge is 2.55. The van der Waals surface area contributed by atoms with E-state index in [1.165, 1.54) is 0 Å². The molecule has 3 aromatic carbocycles. The van der Waals surface area contributed by atoms with Gasteiger partial charge in [-0.3, -0.25) is 4.79 Å². The summed E-state index contributed by atoms with van der Waals surface area (Å²) in [7, 11) is 0. The zero-order chi connectivity index (χ0) is 25.8. The second-order valence-corrected chi connectivity index (χ2v) is 12.2. The van der Waals surface area contributed by atoms with Gasteiger partial charge in [-0.05, 0) is 52.3 Å². The van der Waals surface area contributed by atoms with Crippen LogP contribution in [0.25, 0.3) is 0 Å². The SMILES string of the molecule is CC(C)(C)c1ccc(O)c(C2(c3cc(C(C)(C)C)ccc3O)C(=O)N(CCBr)c3ccccc32)c1. The van der Waals surface area contributed by atoms with E-state index in [9.17, 15) is 15.0 Å². The monoisotopic (exact) mass is 535 g/mol. The van der Waals surface area contributed by atoms with Gasteiger partial charge in [0, 0.05) is 34.3 Å². The number of carbonyl (C=O) groups is 1. The standard InChI is InChI=1S/C30H34BrNO3/c1-28(2,3)19-11-13-25(33)22(17-19)30(23-18-20(29(4,5)6)12-14-26(23)34)21-9-7-8-10-24(21)32(16-15-31)27(30)35/h7-14,17-18,33-34H,15-16H2,1-6H3. The van der Waals surface area contributed by atoms with E-state index < -0.39 is 5.41 Å². The van der Waals surface area contributed by atoms with Gasteiger partial charge in [0.25, 0.3) is 0 Å². The molecule has 0 radical (unpaired) electrons. The molecule has 0 bridgehead atoms. The lowest BCUT2D eigenvalue weighted by molar-refractivity contribution is -0.120. The zero-order valence-electron chi connectivity index (χ0n) is 21.3. The van der Waals surface area contributed by atoms with Crippen molar-refractivity contribution in [3.8, 4) is 11.5 Å². The third-order valence-corrected chi connectivity index (χ3v) is 7.36. The third kappa shape index (κ3) is 4.04. The Morgan fingerprint density at radius 2 is 1.26 bits per heavy atom. The van der Waals surface area contributed by atoms with Gasteiger partial charge >= 0.3 is 0 Å². The van der Waals surface area contributed by atoms with E-state index in [0.717, 1.165) is 22.4 Å². The molecule has 5 heteroatoms. The first-order chi connectivity index (χ1) is 16.3. The van der Waals surface area contributed by atoms with Gasteiger partial charge in [-0.1, -0.05) is 87.8 Å². The number of aromatic hydroxyl groups is 2. The molecule has 0 atom stereocenters. The number of amides is 1. The molecule has 35 heavy (non-hydrogen) atoms. The Morgan fingerprint density at radius 3 is 1.71 bits per heavy atom. The van der Waals surface area contributed by atoms with Crippen LogP contribution in [0.1, 0.15) is 69.4 Å². The number of hydrogen-bond donors (Lipinski definition) is 2. The summed E-state index contributed by atoms with van der Waals surface area (Å²) >= 11 is 3.50. The number of hydrogen-bond acceptors (Lipinski definition) is 3. The van der Waals surface area contributed by atoms with Crippen molar-refractivity contribution in [1.29, 1.82) is 0 Å². The number of para-hydroxylation sites is 1. The molecule has 2 N–H and O–H groups in total. The van der Waals surface area contributed by atoms with Crippen molar-refractivity contribution in [2.45, 2.75) is 57.8 Å². The van der Waals surface area contributed by atoms with E-state index in [0.29, 0.717) is 23.0 Å². The van der Waals surface area contributed by atoms with Crippen LogP contribution in [0.4, 0.5) is 5.69 Å². The van der Waals surface area contributed by atoms with Crippen LogP contribution in [-0.4, -0.2) is 28.0 Å². The minimum atomic E-state index is -1.39. The second-order valence-electron chi connectivity index (χ2n) is 11.4. The molecule has 4 rings (SSSR count). The Morgan fingerprint density at radius 1 is 0.771 bits per heavy atom. The van der Waals surface area contributed by atoms with Gasteiger partial charge in [0.2, 0.25) is 5.91 Å². The number of phenols is 2. The number of fused-ring (bicyclic) bond motifs is 1. The summed E-state index contributed by atoms with van der Waals surface area (Å²) in [6, 6.07) is 18.7. The van der Waals surface area contributed by atoms with Crippen molar-refractivity contribution in [3.05, 3.63) is 88.5 Å². The molecular weight excluding hydrogens is 502 g/mol. The van der Waals surface area contributed by atoms with E-state index in [1.807, 2.05) is 48.5 Å². The predicted octanol–water partition coefficient (Wildman–Crippen LogP) is 6.77. The number of carbonyl (C=O) groups excluding carboxylic acids is 1. The minimum absolute atomic E-state index is 0.0300. The molecule has 0 aliphatic carbocycles. The van der Waals surface area contributed by atoms with Gasteiger partial charge in [0.1, 0.15) is 16.9 Å². The summed E-state index contributed by atoms with van der Waals surface area (Å²) < 4.78 is 0. The van der Waals surface area contributed by atoms with Gasteiger partial charge in [-0.15, -0.1) is 0 Å². The summed E-state index contributed by atoms with van der Waals surface area (Å²) in [6.45, 7) is 13.1. The Kier molecular flexibility index (Phi) is 6.29. The summed E-state index contributed by atoms with van der Waals surface area (Å²) in [5, 5.41) is 23.2. The fourth-order valence-electron chi connectivity index (χ4n) is 5.03. The van der Waals surface area contributed by atoms with Gasteiger partial charge < -0.3 is 15.1 Å². The maximum Gasteiger partial charge on any atom is 0.247 e. The zero-order valence-corrected chi connectivity index (χ0v) is 22.9. The van der Waals surface area contributed by atoms with Crippen LogP contribution in [-0.2, 0) is 21.0 Å². The molecule has 1 aliphatic heterocycles. The number of benzene rings is 3. The van der Waals surface area contributed by atoms with E-state index in [1.54, 1.807) is 17.0 Å². The van der Waals surface area contributed by atoms with Crippen LogP contribution in [0.5, 0.6) is 11.5 Å². The number of rotatable bonds is 4. The third-order valence-electron chi connectivity index (χ3n) is 7.01. The summed E-state index contributed by atoms with van der Waals surface area (Å²) in [5.41, 5.74) is 2.73. The number of anilines is 1. The first-order valence-corrected chi connectivity index (χ1v) is 13.1. The number of phenolic OH excluding ortho intramolecular Hbond substituents is 2. The van der Waals surface area contributed by atoms with Crippen molar-refractivity contribution in [3.63, 3.8) is 0 Å². The lowest BCUT2D eigenvalue weighted by Gasteiger charge is -2.34. The van der Waals surface area contributed by atoms with Gasteiger partial charge in [-0.2, -0.15) is 0 Å². The van der Waals surface area contributed by atoms with Crippen LogP contribution < -0.4 is 4.90 Å². The summed E-state index contributed by atoms with van der Waals surface area (Å²) in [5.74, 6) is -0.120. The fourth-order valence-corrected chi connectivity index (χ4v) is 5.39. The van der Waals surface area contributed by atoms with Crippen LogP contribution in [0.15, 0.2) is 60.7 Å². The molecule has 0 fully saturated rings. The van der Waals surface area contributed by atoms with E-state index in [-0.39, 0.29) is 28.2 Å². The van der Waals surface area contributed by atoms with Crippen molar-refractivity contribution in [2.75, 3.05) is 16.8 Å². The lowest BCUT2D eigenvalue weighted by atomic mass is 9.67. The van der Waals surface area contributed by atoms with E-state index >= 15 is 0 Å². The maximum absolute atomic E-state index is 14.6. The Labute approximate surface area is 216 Å². The Balaban J connectivity index is 2.19. The molecule has 4 nitrogen and oxygen atoms in total. The highest BCUT2D eigenvalue weighted by atomic mass is 79.9. The quantitative estimate of drug-likeness (QED) is 0.362. The summed E-state index contributed by atoms with van der Waals surface area (Å²) in [6.07, 6.45) is 0. The molecular formula is C30H34BrNO3. The van der Waals surface area contributed by atoms with Crippen LogP contribution in [0, 0.1) is 0 Å². The molecule has 1 aliphatic rings. The van der Waals surface area contributed by atoms with E-state index in [4.69, 9.17) is 0 Å². The molecule has 0 unspecified atom stereocenters. The molecule has 1 amide bonds. The van der Waals surface area contributed by atoms with Crippen molar-refractivity contribution in [2.24, 2.45) is 0 Å². The van der Waals surface area contributed by atoms with Crippen LogP contribution >= 0.6 is 15.9 Å². The average Bonchev–Trinajstić information content (AvgIpc) is 3.02. The van der Waals surface area contributed by atoms with E-state index in [2.05, 4.69) is 57.5 Å². The van der Waals surface area contributed by atoms with Crippen molar-refractivity contribution in [1.82, 2.24) is 0 Å². The number of nitrogens with zero attached hydrogens (tertiary/aromatic N) is 1. The normalized spacial score (nSPS) is 15.4. The van der Waals surface area contributed by atoms with Gasteiger partial charge in [0.15, 0.2) is 0 Å². The molecule has 0 saturated heterocycles. The highest BCUT2D eigenvalue weighted by Crippen LogP contribution is 2.55. The van der Waals surface area contributed by atoms with Crippen LogP contribution in [0.3, 0.4) is 0 Å². The van der Waals surface area contributed by atoms with Gasteiger partial charge in [0.05, 0.1) is 0 Å². The van der Waals surface area contributed by atoms with Crippen molar-refractivity contribution < 1.29 is 15.0 Å². The highest BCUT2D eigenvalue weighted by molar-refractivity contribution is 9.09. The number of halogens is 1. The number of alkyl halides is 1. The second kappa shape index (κ2) is 8.70. The largest absolute Gasteiger partial charge is 0.508 e.